The number of nitrogens with zero attached hydrogens (tertiary/aromatic N) is 1. The third kappa shape index (κ3) is 8.36. The zero-order chi connectivity index (χ0) is 25.6. The fraction of sp³-hybridized carbons (Fsp3) is 0.333. The summed E-state index contributed by atoms with van der Waals surface area (Å²) >= 11 is 3.48. The molecule has 5 heteroatoms. The molecule has 3 aromatic carbocycles. The summed E-state index contributed by atoms with van der Waals surface area (Å²) in [4.78, 5) is 29.2. The maximum atomic E-state index is 13.8. The molecule has 2 amide bonds. The van der Waals surface area contributed by atoms with Crippen LogP contribution >= 0.6 is 15.9 Å². The average Bonchev–Trinajstić information content (AvgIpc) is 2.76. The van der Waals surface area contributed by atoms with Crippen molar-refractivity contribution in [3.63, 3.8) is 0 Å². The van der Waals surface area contributed by atoms with E-state index < -0.39 is 11.6 Å². The largest absolute Gasteiger partial charge is 0.350 e. The molecule has 3 aromatic rings. The van der Waals surface area contributed by atoms with Crippen LogP contribution < -0.4 is 5.32 Å². The lowest BCUT2D eigenvalue weighted by Crippen LogP contribution is -2.54. The van der Waals surface area contributed by atoms with Crippen LogP contribution in [-0.2, 0) is 29.0 Å². The molecule has 0 aromatic heterocycles. The Morgan fingerprint density at radius 3 is 2.03 bits per heavy atom. The Balaban J connectivity index is 2.00. The Kier molecular flexibility index (Phi) is 8.90. The molecule has 0 aliphatic heterocycles. The van der Waals surface area contributed by atoms with Crippen molar-refractivity contribution in [1.82, 2.24) is 10.2 Å². The molecule has 3 rings (SSSR count). The first-order valence-corrected chi connectivity index (χ1v) is 12.8. The van der Waals surface area contributed by atoms with Crippen LogP contribution in [0, 0.1) is 13.8 Å². The van der Waals surface area contributed by atoms with Crippen LogP contribution in [0.4, 0.5) is 0 Å². The van der Waals surface area contributed by atoms with Gasteiger partial charge in [0.25, 0.3) is 0 Å². The fourth-order valence-corrected chi connectivity index (χ4v) is 4.50. The van der Waals surface area contributed by atoms with Gasteiger partial charge in [0.15, 0.2) is 0 Å². The topological polar surface area (TPSA) is 49.4 Å². The Morgan fingerprint density at radius 1 is 0.857 bits per heavy atom. The lowest BCUT2D eigenvalue weighted by Gasteiger charge is -2.34. The van der Waals surface area contributed by atoms with Crippen LogP contribution in [0.1, 0.15) is 48.6 Å². The zero-order valence-electron chi connectivity index (χ0n) is 21.3. The van der Waals surface area contributed by atoms with E-state index in [1.807, 2.05) is 101 Å². The number of halogens is 1. The van der Waals surface area contributed by atoms with E-state index in [1.165, 1.54) is 0 Å². The SMILES string of the molecule is Cc1cc(C)cc(CC(=O)N(Cc2ccc(Br)cc2)C(Cc2ccccc2)C(=O)NC(C)(C)C)c1. The van der Waals surface area contributed by atoms with Crippen molar-refractivity contribution in [1.29, 1.82) is 0 Å². The Labute approximate surface area is 217 Å². The predicted octanol–water partition coefficient (Wildman–Crippen LogP) is 6.16. The van der Waals surface area contributed by atoms with E-state index in [0.29, 0.717) is 13.0 Å². The van der Waals surface area contributed by atoms with Gasteiger partial charge in [-0.25, -0.2) is 0 Å². The number of carbonyl (C=O) groups excluding carboxylic acids is 2. The molecular weight excluding hydrogens is 500 g/mol. The van der Waals surface area contributed by atoms with Crippen molar-refractivity contribution in [2.45, 2.75) is 65.6 Å². The number of carbonyl (C=O) groups is 2. The van der Waals surface area contributed by atoms with E-state index in [1.54, 1.807) is 4.90 Å². The Hall–Kier alpha value is -2.92. The summed E-state index contributed by atoms with van der Waals surface area (Å²) in [6.07, 6.45) is 0.686. The number of hydrogen-bond donors (Lipinski definition) is 1. The van der Waals surface area contributed by atoms with Gasteiger partial charge in [-0.1, -0.05) is 87.7 Å². The Bertz CT molecular complexity index is 1130. The second-order valence-corrected chi connectivity index (χ2v) is 11.2. The van der Waals surface area contributed by atoms with E-state index in [4.69, 9.17) is 0 Å². The summed E-state index contributed by atoms with van der Waals surface area (Å²) in [6.45, 7) is 10.3. The normalized spacial score (nSPS) is 12.2. The second kappa shape index (κ2) is 11.7. The van der Waals surface area contributed by atoms with E-state index in [2.05, 4.69) is 27.3 Å². The van der Waals surface area contributed by atoms with Crippen molar-refractivity contribution in [2.24, 2.45) is 0 Å². The molecule has 0 saturated heterocycles. The van der Waals surface area contributed by atoms with Crippen LogP contribution in [0.25, 0.3) is 0 Å². The predicted molar refractivity (Wildman–Crippen MR) is 146 cm³/mol. The molecule has 0 spiro atoms. The first-order chi connectivity index (χ1) is 16.5. The van der Waals surface area contributed by atoms with E-state index in [0.717, 1.165) is 32.3 Å². The molecule has 184 valence electrons. The Morgan fingerprint density at radius 2 is 1.46 bits per heavy atom. The minimum Gasteiger partial charge on any atom is -0.350 e. The lowest BCUT2D eigenvalue weighted by atomic mass is 9.99. The van der Waals surface area contributed by atoms with Crippen molar-refractivity contribution in [3.05, 3.63) is 105 Å². The molecule has 0 fully saturated rings. The quantitative estimate of drug-likeness (QED) is 0.376. The summed E-state index contributed by atoms with van der Waals surface area (Å²) in [7, 11) is 0. The van der Waals surface area contributed by atoms with Gasteiger partial charge in [0, 0.05) is 23.0 Å². The highest BCUT2D eigenvalue weighted by Crippen LogP contribution is 2.20. The third-order valence-electron chi connectivity index (χ3n) is 5.67. The highest BCUT2D eigenvalue weighted by Gasteiger charge is 2.32. The van der Waals surface area contributed by atoms with Gasteiger partial charge in [-0.05, 0) is 63.4 Å². The number of aryl methyl sites for hydroxylation is 2. The van der Waals surface area contributed by atoms with Gasteiger partial charge in [0.1, 0.15) is 6.04 Å². The standard InChI is InChI=1S/C30H35BrN2O2/c1-21-15-22(2)17-25(16-21)19-28(34)33(20-24-11-13-26(31)14-12-24)27(29(35)32-30(3,4)5)18-23-9-7-6-8-10-23/h6-17,27H,18-20H2,1-5H3,(H,32,35). The summed E-state index contributed by atoms with van der Waals surface area (Å²) in [6, 6.07) is 23.3. The molecule has 1 unspecified atom stereocenters. The number of rotatable bonds is 8. The minimum absolute atomic E-state index is 0.0668. The molecule has 0 saturated carbocycles. The minimum atomic E-state index is -0.640. The third-order valence-corrected chi connectivity index (χ3v) is 6.20. The van der Waals surface area contributed by atoms with Gasteiger partial charge in [0.05, 0.1) is 6.42 Å². The summed E-state index contributed by atoms with van der Waals surface area (Å²) in [5.41, 5.74) is 4.79. The van der Waals surface area contributed by atoms with Crippen LogP contribution in [-0.4, -0.2) is 28.3 Å². The molecule has 0 heterocycles. The van der Waals surface area contributed by atoms with Gasteiger partial charge in [-0.15, -0.1) is 0 Å². The summed E-state index contributed by atoms with van der Waals surface area (Å²) in [5, 5.41) is 3.11. The van der Waals surface area contributed by atoms with E-state index >= 15 is 0 Å². The van der Waals surface area contributed by atoms with Gasteiger partial charge in [-0.3, -0.25) is 9.59 Å². The highest BCUT2D eigenvalue weighted by molar-refractivity contribution is 9.10. The molecule has 0 aliphatic rings. The van der Waals surface area contributed by atoms with E-state index in [9.17, 15) is 9.59 Å². The molecule has 1 N–H and O–H groups in total. The van der Waals surface area contributed by atoms with Gasteiger partial charge >= 0.3 is 0 Å². The average molecular weight is 536 g/mol. The van der Waals surface area contributed by atoms with Crippen molar-refractivity contribution >= 4 is 27.7 Å². The number of hydrogen-bond acceptors (Lipinski definition) is 2. The van der Waals surface area contributed by atoms with Crippen LogP contribution in [0.5, 0.6) is 0 Å². The van der Waals surface area contributed by atoms with Gasteiger partial charge < -0.3 is 10.2 Å². The maximum absolute atomic E-state index is 13.8. The van der Waals surface area contributed by atoms with Crippen LogP contribution in [0.15, 0.2) is 77.3 Å². The van der Waals surface area contributed by atoms with Gasteiger partial charge in [-0.2, -0.15) is 0 Å². The lowest BCUT2D eigenvalue weighted by molar-refractivity contribution is -0.141. The molecule has 1 atom stereocenters. The smallest absolute Gasteiger partial charge is 0.243 e. The summed E-state index contributed by atoms with van der Waals surface area (Å²) < 4.78 is 0.973. The molecule has 35 heavy (non-hydrogen) atoms. The molecule has 0 bridgehead atoms. The molecule has 0 aliphatic carbocycles. The number of benzene rings is 3. The second-order valence-electron chi connectivity index (χ2n) is 10.3. The first-order valence-electron chi connectivity index (χ1n) is 12.0. The number of amides is 2. The molecule has 0 radical (unpaired) electrons. The van der Waals surface area contributed by atoms with Crippen LogP contribution in [0.3, 0.4) is 0 Å². The molecular formula is C30H35BrN2O2. The van der Waals surface area contributed by atoms with Crippen molar-refractivity contribution < 1.29 is 9.59 Å². The van der Waals surface area contributed by atoms with Crippen molar-refractivity contribution in [3.8, 4) is 0 Å². The van der Waals surface area contributed by atoms with Gasteiger partial charge in [0.2, 0.25) is 11.8 Å². The zero-order valence-corrected chi connectivity index (χ0v) is 22.9. The van der Waals surface area contributed by atoms with E-state index in [-0.39, 0.29) is 18.2 Å². The van der Waals surface area contributed by atoms with Crippen molar-refractivity contribution in [2.75, 3.05) is 0 Å². The monoisotopic (exact) mass is 534 g/mol. The van der Waals surface area contributed by atoms with Crippen LogP contribution in [0.2, 0.25) is 0 Å². The summed E-state index contributed by atoms with van der Waals surface area (Å²) in [5.74, 6) is -0.213. The fourth-order valence-electron chi connectivity index (χ4n) is 4.24. The highest BCUT2D eigenvalue weighted by atomic mass is 79.9. The maximum Gasteiger partial charge on any atom is 0.243 e. The molecule has 4 nitrogen and oxygen atoms in total. The number of nitrogens with one attached hydrogen (secondary N) is 1. The first kappa shape index (κ1) is 26.7.